The largest absolute Gasteiger partial charge is 0.366 e. The molecule has 0 spiro atoms. The second kappa shape index (κ2) is 7.25. The van der Waals surface area contributed by atoms with Crippen molar-refractivity contribution in [3.63, 3.8) is 0 Å². The maximum Gasteiger partial charge on any atom is 0.229 e. The van der Waals surface area contributed by atoms with Crippen molar-refractivity contribution in [1.82, 2.24) is 9.97 Å². The molecule has 3 rings (SSSR count). The molecule has 0 radical (unpaired) electrons. The summed E-state index contributed by atoms with van der Waals surface area (Å²) in [6.07, 6.45) is 1.69. The Morgan fingerprint density at radius 1 is 1.04 bits per heavy atom. The Labute approximate surface area is 141 Å². The van der Waals surface area contributed by atoms with Gasteiger partial charge in [0.25, 0.3) is 0 Å². The molecule has 0 saturated carbocycles. The number of hydrogen-bond donors (Lipinski definition) is 2. The van der Waals surface area contributed by atoms with E-state index in [1.54, 1.807) is 12.3 Å². The average molecular weight is 315 g/mol. The molecule has 1 aromatic heterocycles. The monoisotopic (exact) mass is 315 g/mol. The highest BCUT2D eigenvalue weighted by atomic mass is 15.1. The van der Waals surface area contributed by atoms with E-state index in [2.05, 4.69) is 45.7 Å². The number of rotatable bonds is 5. The van der Waals surface area contributed by atoms with Gasteiger partial charge in [-0.25, -0.2) is 4.98 Å². The lowest BCUT2D eigenvalue weighted by molar-refractivity contribution is 1.07. The lowest BCUT2D eigenvalue weighted by Crippen LogP contribution is -2.05. The van der Waals surface area contributed by atoms with Crippen molar-refractivity contribution >= 4 is 17.5 Å². The van der Waals surface area contributed by atoms with Gasteiger partial charge in [-0.3, -0.25) is 0 Å². The number of nitriles is 1. The van der Waals surface area contributed by atoms with E-state index in [0.717, 1.165) is 5.82 Å². The summed E-state index contributed by atoms with van der Waals surface area (Å²) in [6, 6.07) is 19.5. The lowest BCUT2D eigenvalue weighted by Gasteiger charge is -2.10. The zero-order chi connectivity index (χ0) is 16.8. The van der Waals surface area contributed by atoms with Gasteiger partial charge in [0.05, 0.1) is 11.3 Å². The van der Waals surface area contributed by atoms with Gasteiger partial charge in [0, 0.05) is 12.7 Å². The first-order valence-corrected chi connectivity index (χ1v) is 7.64. The zero-order valence-corrected chi connectivity index (χ0v) is 13.3. The molecule has 2 aromatic carbocycles. The van der Waals surface area contributed by atoms with E-state index in [0.29, 0.717) is 23.7 Å². The second-order valence-electron chi connectivity index (χ2n) is 5.33. The predicted molar refractivity (Wildman–Crippen MR) is 95.0 cm³/mol. The third-order valence-corrected chi connectivity index (χ3v) is 3.67. The number of benzene rings is 2. The lowest BCUT2D eigenvalue weighted by atomic mass is 10.1. The molecule has 24 heavy (non-hydrogen) atoms. The highest BCUT2D eigenvalue weighted by Gasteiger charge is 2.04. The van der Waals surface area contributed by atoms with E-state index in [-0.39, 0.29) is 0 Å². The van der Waals surface area contributed by atoms with Crippen molar-refractivity contribution in [2.45, 2.75) is 13.5 Å². The molecule has 0 aliphatic rings. The minimum absolute atomic E-state index is 0.451. The van der Waals surface area contributed by atoms with E-state index in [1.165, 1.54) is 11.1 Å². The Bertz CT molecular complexity index is 883. The van der Waals surface area contributed by atoms with Crippen LogP contribution < -0.4 is 10.6 Å². The van der Waals surface area contributed by atoms with Gasteiger partial charge < -0.3 is 10.6 Å². The van der Waals surface area contributed by atoms with Gasteiger partial charge in [-0.1, -0.05) is 36.4 Å². The van der Waals surface area contributed by atoms with Crippen LogP contribution >= 0.6 is 0 Å². The quantitative estimate of drug-likeness (QED) is 0.744. The molecule has 5 nitrogen and oxygen atoms in total. The van der Waals surface area contributed by atoms with Crippen LogP contribution in [0.25, 0.3) is 0 Å². The molecule has 2 N–H and O–H groups in total. The molecule has 0 aliphatic carbocycles. The summed E-state index contributed by atoms with van der Waals surface area (Å²) in [4.78, 5) is 8.66. The normalized spacial score (nSPS) is 10.0. The highest BCUT2D eigenvalue weighted by molar-refractivity contribution is 5.63. The predicted octanol–water partition coefficient (Wildman–Crippen LogP) is 4.01. The van der Waals surface area contributed by atoms with Gasteiger partial charge in [-0.2, -0.15) is 10.2 Å². The van der Waals surface area contributed by atoms with Crippen LogP contribution in [0.3, 0.4) is 0 Å². The Hall–Kier alpha value is -3.39. The fourth-order valence-electron chi connectivity index (χ4n) is 2.32. The van der Waals surface area contributed by atoms with Crippen molar-refractivity contribution < 1.29 is 0 Å². The molecule has 0 atom stereocenters. The third kappa shape index (κ3) is 3.68. The average Bonchev–Trinajstić information content (AvgIpc) is 2.62. The SMILES string of the molecule is Cc1ccccc1CNc1ccnc(Nc2ccccc2C#N)n1. The standard InChI is InChI=1S/C19H17N5/c1-14-6-2-3-8-16(14)13-22-18-10-11-21-19(24-18)23-17-9-5-4-7-15(17)12-20/h2-11H,13H2,1H3,(H2,21,22,23,24). The Morgan fingerprint density at radius 2 is 1.83 bits per heavy atom. The summed E-state index contributed by atoms with van der Waals surface area (Å²) in [5.41, 5.74) is 3.70. The molecule has 0 fully saturated rings. The van der Waals surface area contributed by atoms with Crippen LogP contribution in [-0.2, 0) is 6.54 Å². The number of aryl methyl sites for hydroxylation is 1. The van der Waals surface area contributed by atoms with E-state index >= 15 is 0 Å². The van der Waals surface area contributed by atoms with Crippen LogP contribution in [0.1, 0.15) is 16.7 Å². The number of anilines is 3. The van der Waals surface area contributed by atoms with Crippen molar-refractivity contribution in [2.75, 3.05) is 10.6 Å². The van der Waals surface area contributed by atoms with E-state index in [1.807, 2.05) is 36.4 Å². The van der Waals surface area contributed by atoms with Gasteiger partial charge in [0.15, 0.2) is 0 Å². The number of hydrogen-bond acceptors (Lipinski definition) is 5. The Balaban J connectivity index is 1.73. The van der Waals surface area contributed by atoms with Crippen LogP contribution in [-0.4, -0.2) is 9.97 Å². The Morgan fingerprint density at radius 3 is 2.67 bits per heavy atom. The first kappa shape index (κ1) is 15.5. The molecule has 0 saturated heterocycles. The molecule has 118 valence electrons. The van der Waals surface area contributed by atoms with Gasteiger partial charge in [0.1, 0.15) is 11.9 Å². The minimum atomic E-state index is 0.451. The molecule has 3 aromatic rings. The maximum atomic E-state index is 9.14. The number of aromatic nitrogens is 2. The van der Waals surface area contributed by atoms with Crippen LogP contribution in [0.4, 0.5) is 17.5 Å². The maximum absolute atomic E-state index is 9.14. The zero-order valence-electron chi connectivity index (χ0n) is 13.3. The fraction of sp³-hybridized carbons (Fsp3) is 0.105. The van der Waals surface area contributed by atoms with E-state index in [9.17, 15) is 0 Å². The molecule has 0 amide bonds. The smallest absolute Gasteiger partial charge is 0.229 e. The molecular formula is C19H17N5. The van der Waals surface area contributed by atoms with Crippen molar-refractivity contribution in [1.29, 1.82) is 5.26 Å². The van der Waals surface area contributed by atoms with Crippen molar-refractivity contribution in [3.05, 3.63) is 77.5 Å². The molecule has 1 heterocycles. The molecule has 5 heteroatoms. The number of nitrogens with one attached hydrogen (secondary N) is 2. The molecule has 0 unspecified atom stereocenters. The molecule has 0 bridgehead atoms. The minimum Gasteiger partial charge on any atom is -0.366 e. The third-order valence-electron chi connectivity index (χ3n) is 3.67. The van der Waals surface area contributed by atoms with E-state index in [4.69, 9.17) is 5.26 Å². The first-order valence-electron chi connectivity index (χ1n) is 7.64. The van der Waals surface area contributed by atoms with Crippen molar-refractivity contribution in [2.24, 2.45) is 0 Å². The van der Waals surface area contributed by atoms with Gasteiger partial charge >= 0.3 is 0 Å². The second-order valence-corrected chi connectivity index (χ2v) is 5.33. The number of nitrogens with zero attached hydrogens (tertiary/aromatic N) is 3. The van der Waals surface area contributed by atoms with Crippen LogP contribution in [0.15, 0.2) is 60.8 Å². The van der Waals surface area contributed by atoms with Crippen LogP contribution in [0.2, 0.25) is 0 Å². The summed E-state index contributed by atoms with van der Waals surface area (Å²) >= 11 is 0. The molecule has 0 aliphatic heterocycles. The molecular weight excluding hydrogens is 298 g/mol. The topological polar surface area (TPSA) is 73.6 Å². The van der Waals surface area contributed by atoms with Crippen LogP contribution in [0, 0.1) is 18.3 Å². The summed E-state index contributed by atoms with van der Waals surface area (Å²) in [5, 5.41) is 15.5. The van der Waals surface area contributed by atoms with Gasteiger partial charge in [-0.15, -0.1) is 0 Å². The highest BCUT2D eigenvalue weighted by Crippen LogP contribution is 2.18. The summed E-state index contributed by atoms with van der Waals surface area (Å²) in [5.74, 6) is 1.18. The van der Waals surface area contributed by atoms with Gasteiger partial charge in [0.2, 0.25) is 5.95 Å². The van der Waals surface area contributed by atoms with E-state index < -0.39 is 0 Å². The summed E-state index contributed by atoms with van der Waals surface area (Å²) in [6.45, 7) is 2.78. The van der Waals surface area contributed by atoms with Gasteiger partial charge in [-0.05, 0) is 36.2 Å². The summed E-state index contributed by atoms with van der Waals surface area (Å²) < 4.78 is 0. The number of para-hydroxylation sites is 1. The fourth-order valence-corrected chi connectivity index (χ4v) is 2.32. The first-order chi connectivity index (χ1) is 11.8. The van der Waals surface area contributed by atoms with Crippen molar-refractivity contribution in [3.8, 4) is 6.07 Å². The Kier molecular flexibility index (Phi) is 4.68. The van der Waals surface area contributed by atoms with Crippen LogP contribution in [0.5, 0.6) is 0 Å². The summed E-state index contributed by atoms with van der Waals surface area (Å²) in [7, 11) is 0.